The SMILES string of the molecule is COc1ccc(Br)cc1C[NH2+][C@H]1CCCc2ccccc21. The van der Waals surface area contributed by atoms with Gasteiger partial charge in [-0.05, 0) is 36.6 Å². The van der Waals surface area contributed by atoms with Gasteiger partial charge in [-0.15, -0.1) is 0 Å². The van der Waals surface area contributed by atoms with Crippen LogP contribution in [0.25, 0.3) is 0 Å². The lowest BCUT2D eigenvalue weighted by atomic mass is 9.87. The Balaban J connectivity index is 1.76. The maximum Gasteiger partial charge on any atom is 0.127 e. The Morgan fingerprint density at radius 3 is 2.95 bits per heavy atom. The Hall–Kier alpha value is -1.32. The van der Waals surface area contributed by atoms with E-state index in [1.54, 1.807) is 7.11 Å². The third-order valence-electron chi connectivity index (χ3n) is 4.28. The van der Waals surface area contributed by atoms with Crippen molar-refractivity contribution in [3.63, 3.8) is 0 Å². The van der Waals surface area contributed by atoms with E-state index in [-0.39, 0.29) is 0 Å². The summed E-state index contributed by atoms with van der Waals surface area (Å²) >= 11 is 3.55. The summed E-state index contributed by atoms with van der Waals surface area (Å²) in [5.41, 5.74) is 4.28. The average molecular weight is 347 g/mol. The average Bonchev–Trinajstić information content (AvgIpc) is 2.53. The van der Waals surface area contributed by atoms with Crippen LogP contribution in [0.1, 0.15) is 35.6 Å². The van der Waals surface area contributed by atoms with Crippen LogP contribution >= 0.6 is 15.9 Å². The third kappa shape index (κ3) is 3.30. The van der Waals surface area contributed by atoms with Gasteiger partial charge in [-0.25, -0.2) is 0 Å². The molecule has 0 heterocycles. The summed E-state index contributed by atoms with van der Waals surface area (Å²) in [6.45, 7) is 0.946. The highest BCUT2D eigenvalue weighted by Gasteiger charge is 2.22. The van der Waals surface area contributed by atoms with Gasteiger partial charge in [-0.2, -0.15) is 0 Å². The van der Waals surface area contributed by atoms with Gasteiger partial charge >= 0.3 is 0 Å². The molecule has 1 aliphatic rings. The molecule has 0 fully saturated rings. The number of hydrogen-bond donors (Lipinski definition) is 1. The minimum Gasteiger partial charge on any atom is -0.496 e. The Bertz CT molecular complexity index is 626. The van der Waals surface area contributed by atoms with Crippen LogP contribution in [0.5, 0.6) is 5.75 Å². The number of methoxy groups -OCH3 is 1. The zero-order valence-electron chi connectivity index (χ0n) is 12.3. The van der Waals surface area contributed by atoms with Crippen molar-refractivity contribution in [3.8, 4) is 5.75 Å². The van der Waals surface area contributed by atoms with Gasteiger partial charge < -0.3 is 10.1 Å². The first-order chi connectivity index (χ1) is 10.3. The molecule has 0 saturated carbocycles. The summed E-state index contributed by atoms with van der Waals surface area (Å²) in [7, 11) is 1.74. The number of rotatable bonds is 4. The predicted octanol–water partition coefficient (Wildman–Crippen LogP) is 3.60. The van der Waals surface area contributed by atoms with Crippen LogP contribution in [-0.2, 0) is 13.0 Å². The molecule has 2 nitrogen and oxygen atoms in total. The van der Waals surface area contributed by atoms with Crippen LogP contribution in [0, 0.1) is 0 Å². The van der Waals surface area contributed by atoms with E-state index in [2.05, 4.69) is 51.6 Å². The molecule has 0 aromatic heterocycles. The van der Waals surface area contributed by atoms with Crippen molar-refractivity contribution >= 4 is 15.9 Å². The second kappa shape index (κ2) is 6.63. The standard InChI is InChI=1S/C18H20BrNO/c1-21-18-10-9-15(19)11-14(18)12-20-17-8-4-6-13-5-2-3-7-16(13)17/h2-3,5,7,9-11,17,20H,4,6,8,12H2,1H3/p+1/t17-/m0/s1. The van der Waals surface area contributed by atoms with E-state index in [4.69, 9.17) is 4.74 Å². The molecule has 0 amide bonds. The maximum atomic E-state index is 5.47. The van der Waals surface area contributed by atoms with Gasteiger partial charge in [-0.3, -0.25) is 0 Å². The number of aryl methyl sites for hydroxylation is 1. The Morgan fingerprint density at radius 1 is 1.24 bits per heavy atom. The lowest BCUT2D eigenvalue weighted by Gasteiger charge is -2.24. The molecule has 21 heavy (non-hydrogen) atoms. The van der Waals surface area contributed by atoms with Crippen molar-refractivity contribution in [1.29, 1.82) is 0 Å². The van der Waals surface area contributed by atoms with Crippen LogP contribution in [0.2, 0.25) is 0 Å². The molecular weight excluding hydrogens is 326 g/mol. The van der Waals surface area contributed by atoms with Crippen LogP contribution in [0.4, 0.5) is 0 Å². The number of nitrogens with two attached hydrogens (primary N) is 1. The summed E-state index contributed by atoms with van der Waals surface area (Å²) in [4.78, 5) is 0. The van der Waals surface area contributed by atoms with Crippen LogP contribution < -0.4 is 10.1 Å². The number of benzene rings is 2. The van der Waals surface area contributed by atoms with Gasteiger partial charge in [0.1, 0.15) is 18.3 Å². The van der Waals surface area contributed by atoms with E-state index in [1.165, 1.54) is 36.0 Å². The lowest BCUT2D eigenvalue weighted by Crippen LogP contribution is -2.84. The van der Waals surface area contributed by atoms with Crippen molar-refractivity contribution in [2.45, 2.75) is 31.8 Å². The number of halogens is 1. The molecule has 0 saturated heterocycles. The van der Waals surface area contributed by atoms with Crippen molar-refractivity contribution in [3.05, 3.63) is 63.6 Å². The number of fused-ring (bicyclic) bond motifs is 1. The highest BCUT2D eigenvalue weighted by atomic mass is 79.9. The number of hydrogen-bond acceptors (Lipinski definition) is 1. The first kappa shape index (κ1) is 14.6. The summed E-state index contributed by atoms with van der Waals surface area (Å²) in [5, 5.41) is 2.45. The van der Waals surface area contributed by atoms with Crippen molar-refractivity contribution < 1.29 is 10.1 Å². The molecule has 0 unspecified atom stereocenters. The predicted molar refractivity (Wildman–Crippen MR) is 88.4 cm³/mol. The van der Waals surface area contributed by atoms with Gasteiger partial charge in [-0.1, -0.05) is 40.2 Å². The molecule has 0 aliphatic heterocycles. The molecule has 110 valence electrons. The smallest absolute Gasteiger partial charge is 0.127 e. The fourth-order valence-corrected chi connectivity index (χ4v) is 3.62. The normalized spacial score (nSPS) is 17.3. The van der Waals surface area contributed by atoms with Gasteiger partial charge in [0.05, 0.1) is 7.11 Å². The maximum absolute atomic E-state index is 5.47. The Morgan fingerprint density at radius 2 is 2.10 bits per heavy atom. The topological polar surface area (TPSA) is 25.8 Å². The quantitative estimate of drug-likeness (QED) is 0.899. The third-order valence-corrected chi connectivity index (χ3v) is 4.77. The van der Waals surface area contributed by atoms with E-state index < -0.39 is 0 Å². The van der Waals surface area contributed by atoms with Crippen molar-refractivity contribution in [2.24, 2.45) is 0 Å². The van der Waals surface area contributed by atoms with Crippen LogP contribution in [0.15, 0.2) is 46.9 Å². The van der Waals surface area contributed by atoms with Gasteiger partial charge in [0.25, 0.3) is 0 Å². The molecule has 2 aromatic rings. The molecular formula is C18H21BrNO+. The molecule has 2 N–H and O–H groups in total. The molecule has 3 heteroatoms. The Kier molecular flexibility index (Phi) is 4.61. The van der Waals surface area contributed by atoms with Gasteiger partial charge in [0.15, 0.2) is 0 Å². The molecule has 0 spiro atoms. The van der Waals surface area contributed by atoms with Gasteiger partial charge in [0.2, 0.25) is 0 Å². The fraction of sp³-hybridized carbons (Fsp3) is 0.333. The lowest BCUT2D eigenvalue weighted by molar-refractivity contribution is -0.712. The van der Waals surface area contributed by atoms with E-state index in [0.29, 0.717) is 6.04 Å². The van der Waals surface area contributed by atoms with Crippen molar-refractivity contribution in [2.75, 3.05) is 7.11 Å². The largest absolute Gasteiger partial charge is 0.496 e. The summed E-state index contributed by atoms with van der Waals surface area (Å²) < 4.78 is 6.58. The summed E-state index contributed by atoms with van der Waals surface area (Å²) in [6, 6.07) is 15.6. The molecule has 3 rings (SSSR count). The van der Waals surface area contributed by atoms with E-state index in [1.807, 2.05) is 12.1 Å². The van der Waals surface area contributed by atoms with Crippen LogP contribution in [-0.4, -0.2) is 7.11 Å². The minimum absolute atomic E-state index is 0.568. The molecule has 1 atom stereocenters. The fourth-order valence-electron chi connectivity index (χ4n) is 3.21. The van der Waals surface area contributed by atoms with E-state index >= 15 is 0 Å². The van der Waals surface area contributed by atoms with Crippen molar-refractivity contribution in [1.82, 2.24) is 0 Å². The van der Waals surface area contributed by atoms with Crippen LogP contribution in [0.3, 0.4) is 0 Å². The second-order valence-electron chi connectivity index (χ2n) is 5.59. The first-order valence-electron chi connectivity index (χ1n) is 7.51. The number of quaternary nitrogens is 1. The zero-order valence-corrected chi connectivity index (χ0v) is 13.9. The highest BCUT2D eigenvalue weighted by molar-refractivity contribution is 9.10. The zero-order chi connectivity index (χ0) is 14.7. The molecule has 1 aliphatic carbocycles. The minimum atomic E-state index is 0.568. The van der Waals surface area contributed by atoms with E-state index in [9.17, 15) is 0 Å². The first-order valence-corrected chi connectivity index (χ1v) is 8.31. The second-order valence-corrected chi connectivity index (χ2v) is 6.51. The van der Waals surface area contributed by atoms with Gasteiger partial charge in [0, 0.05) is 22.0 Å². The monoisotopic (exact) mass is 346 g/mol. The molecule has 0 bridgehead atoms. The number of ether oxygens (including phenoxy) is 1. The molecule has 0 radical (unpaired) electrons. The highest BCUT2D eigenvalue weighted by Crippen LogP contribution is 2.27. The Labute approximate surface area is 134 Å². The molecule has 2 aromatic carbocycles. The summed E-state index contributed by atoms with van der Waals surface area (Å²) in [6.07, 6.45) is 3.77. The van der Waals surface area contributed by atoms with E-state index in [0.717, 1.165) is 16.8 Å². The summed E-state index contributed by atoms with van der Waals surface area (Å²) in [5.74, 6) is 0.971.